The molecule has 4 heteroatoms. The first-order chi connectivity index (χ1) is 9.70. The minimum absolute atomic E-state index is 0.0309. The molecule has 0 aliphatic carbocycles. The topological polar surface area (TPSA) is 44.4 Å². The normalized spacial score (nSPS) is 18.6. The molecule has 0 unspecified atom stereocenters. The molecule has 1 aromatic carbocycles. The van der Waals surface area contributed by atoms with E-state index in [-0.39, 0.29) is 11.9 Å². The largest absolute Gasteiger partial charge is 0.375 e. The third-order valence-electron chi connectivity index (χ3n) is 3.76. The minimum atomic E-state index is 0.0309. The van der Waals surface area contributed by atoms with Gasteiger partial charge in [-0.25, -0.2) is 0 Å². The van der Waals surface area contributed by atoms with Crippen molar-refractivity contribution in [3.63, 3.8) is 0 Å². The Kier molecular flexibility index (Phi) is 5.41. The van der Waals surface area contributed by atoms with E-state index >= 15 is 0 Å². The summed E-state index contributed by atoms with van der Waals surface area (Å²) >= 11 is 0. The summed E-state index contributed by atoms with van der Waals surface area (Å²) in [6.45, 7) is 5.13. The van der Waals surface area contributed by atoms with Gasteiger partial charge in [-0.2, -0.15) is 0 Å². The molecule has 0 bridgehead atoms. The Morgan fingerprint density at radius 3 is 2.75 bits per heavy atom. The zero-order valence-corrected chi connectivity index (χ0v) is 12.5. The summed E-state index contributed by atoms with van der Waals surface area (Å²) in [7, 11) is 2.08. The van der Waals surface area contributed by atoms with Gasteiger partial charge in [-0.05, 0) is 50.1 Å². The van der Waals surface area contributed by atoms with Crippen LogP contribution < -0.4 is 15.5 Å². The summed E-state index contributed by atoms with van der Waals surface area (Å²) in [4.78, 5) is 14.4. The Morgan fingerprint density at radius 2 is 2.15 bits per heavy atom. The van der Waals surface area contributed by atoms with E-state index in [4.69, 9.17) is 0 Å². The maximum absolute atomic E-state index is 12.2. The lowest BCUT2D eigenvalue weighted by Gasteiger charge is -2.24. The number of benzene rings is 1. The molecule has 1 aromatic rings. The molecule has 1 aliphatic heterocycles. The van der Waals surface area contributed by atoms with E-state index in [1.165, 1.54) is 0 Å². The molecule has 1 aliphatic rings. The second-order valence-corrected chi connectivity index (χ2v) is 5.49. The van der Waals surface area contributed by atoms with E-state index in [1.54, 1.807) is 0 Å². The summed E-state index contributed by atoms with van der Waals surface area (Å²) in [6, 6.07) is 8.12. The molecule has 0 radical (unpaired) electrons. The van der Waals surface area contributed by atoms with Crippen LogP contribution in [0.5, 0.6) is 0 Å². The number of nitrogens with zero attached hydrogens (tertiary/aromatic N) is 1. The van der Waals surface area contributed by atoms with Crippen molar-refractivity contribution < 1.29 is 4.79 Å². The molecule has 1 fully saturated rings. The van der Waals surface area contributed by atoms with Crippen molar-refractivity contribution in [1.82, 2.24) is 10.6 Å². The third kappa shape index (κ3) is 3.97. The van der Waals surface area contributed by atoms with Gasteiger partial charge in [0, 0.05) is 37.4 Å². The van der Waals surface area contributed by atoms with Crippen LogP contribution in [0.4, 0.5) is 5.69 Å². The van der Waals surface area contributed by atoms with Gasteiger partial charge in [-0.3, -0.25) is 4.79 Å². The third-order valence-corrected chi connectivity index (χ3v) is 3.76. The van der Waals surface area contributed by atoms with E-state index in [2.05, 4.69) is 29.5 Å². The minimum Gasteiger partial charge on any atom is -0.375 e. The molecule has 20 heavy (non-hydrogen) atoms. The number of amides is 1. The number of anilines is 1. The van der Waals surface area contributed by atoms with Gasteiger partial charge in [0.05, 0.1) is 0 Å². The fourth-order valence-electron chi connectivity index (χ4n) is 2.58. The standard InChI is InChI=1S/C16H25N3O/c1-3-11-19(2)15-8-6-13(7-9-15)16(20)18-14-5-4-10-17-12-14/h6-9,14,17H,3-5,10-12H2,1-2H3,(H,18,20)/t14-/m0/s1. The van der Waals surface area contributed by atoms with Crippen molar-refractivity contribution in [2.45, 2.75) is 32.2 Å². The number of nitrogens with one attached hydrogen (secondary N) is 2. The van der Waals surface area contributed by atoms with E-state index in [0.717, 1.165) is 50.1 Å². The number of carbonyl (C=O) groups is 1. The summed E-state index contributed by atoms with van der Waals surface area (Å²) in [5, 5.41) is 6.40. The fourth-order valence-corrected chi connectivity index (χ4v) is 2.58. The van der Waals surface area contributed by atoms with Crippen molar-refractivity contribution in [2.24, 2.45) is 0 Å². The van der Waals surface area contributed by atoms with Crippen molar-refractivity contribution in [3.05, 3.63) is 29.8 Å². The van der Waals surface area contributed by atoms with Gasteiger partial charge in [0.15, 0.2) is 0 Å². The summed E-state index contributed by atoms with van der Waals surface area (Å²) < 4.78 is 0. The van der Waals surface area contributed by atoms with Gasteiger partial charge in [0.2, 0.25) is 0 Å². The SMILES string of the molecule is CCCN(C)c1ccc(C(=O)N[C@H]2CCCNC2)cc1. The quantitative estimate of drug-likeness (QED) is 0.864. The van der Waals surface area contributed by atoms with Crippen LogP contribution in [0.3, 0.4) is 0 Å². The van der Waals surface area contributed by atoms with Crippen LogP contribution in [-0.4, -0.2) is 38.6 Å². The zero-order valence-electron chi connectivity index (χ0n) is 12.5. The molecule has 2 N–H and O–H groups in total. The highest BCUT2D eigenvalue weighted by Crippen LogP contribution is 2.14. The Balaban J connectivity index is 1.93. The van der Waals surface area contributed by atoms with Gasteiger partial charge in [0.25, 0.3) is 5.91 Å². The molecule has 110 valence electrons. The van der Waals surface area contributed by atoms with E-state index in [1.807, 2.05) is 24.3 Å². The number of piperidine rings is 1. The number of hydrogen-bond acceptors (Lipinski definition) is 3. The number of hydrogen-bond donors (Lipinski definition) is 2. The Hall–Kier alpha value is -1.55. The summed E-state index contributed by atoms with van der Waals surface area (Å²) in [6.07, 6.45) is 3.31. The number of carbonyl (C=O) groups excluding carboxylic acids is 1. The average molecular weight is 275 g/mol. The van der Waals surface area contributed by atoms with Crippen molar-refractivity contribution in [2.75, 3.05) is 31.6 Å². The van der Waals surface area contributed by atoms with E-state index in [9.17, 15) is 4.79 Å². The van der Waals surface area contributed by atoms with E-state index in [0.29, 0.717) is 0 Å². The highest BCUT2D eigenvalue weighted by Gasteiger charge is 2.16. The highest BCUT2D eigenvalue weighted by molar-refractivity contribution is 5.94. The average Bonchev–Trinajstić information content (AvgIpc) is 2.48. The van der Waals surface area contributed by atoms with Crippen molar-refractivity contribution in [3.8, 4) is 0 Å². The van der Waals surface area contributed by atoms with Crippen molar-refractivity contribution in [1.29, 1.82) is 0 Å². The first-order valence-corrected chi connectivity index (χ1v) is 7.53. The Bertz CT molecular complexity index is 424. The first-order valence-electron chi connectivity index (χ1n) is 7.53. The van der Waals surface area contributed by atoms with Gasteiger partial charge >= 0.3 is 0 Å². The van der Waals surface area contributed by atoms with Gasteiger partial charge < -0.3 is 15.5 Å². The van der Waals surface area contributed by atoms with Gasteiger partial charge in [-0.1, -0.05) is 6.92 Å². The molecule has 1 amide bonds. The predicted molar refractivity (Wildman–Crippen MR) is 83.4 cm³/mol. The monoisotopic (exact) mass is 275 g/mol. The van der Waals surface area contributed by atoms with Gasteiger partial charge in [0.1, 0.15) is 0 Å². The zero-order chi connectivity index (χ0) is 14.4. The second kappa shape index (κ2) is 7.29. The molecular formula is C16H25N3O. The van der Waals surface area contributed by atoms with Gasteiger partial charge in [-0.15, -0.1) is 0 Å². The lowest BCUT2D eigenvalue weighted by Crippen LogP contribution is -2.45. The molecule has 2 rings (SSSR count). The molecule has 0 saturated carbocycles. The highest BCUT2D eigenvalue weighted by atomic mass is 16.1. The Labute approximate surface area is 121 Å². The predicted octanol–water partition coefficient (Wildman–Crippen LogP) is 2.01. The molecule has 1 atom stereocenters. The maximum atomic E-state index is 12.2. The van der Waals surface area contributed by atoms with Crippen LogP contribution in [0.15, 0.2) is 24.3 Å². The molecule has 0 aromatic heterocycles. The molecule has 1 heterocycles. The lowest BCUT2D eigenvalue weighted by molar-refractivity contribution is 0.0930. The second-order valence-electron chi connectivity index (χ2n) is 5.49. The molecule has 4 nitrogen and oxygen atoms in total. The molecule has 1 saturated heterocycles. The first kappa shape index (κ1) is 14.9. The van der Waals surface area contributed by atoms with E-state index < -0.39 is 0 Å². The summed E-state index contributed by atoms with van der Waals surface area (Å²) in [5.41, 5.74) is 1.90. The molecular weight excluding hydrogens is 250 g/mol. The molecule has 0 spiro atoms. The van der Waals surface area contributed by atoms with Crippen molar-refractivity contribution >= 4 is 11.6 Å². The Morgan fingerprint density at radius 1 is 1.40 bits per heavy atom. The summed E-state index contributed by atoms with van der Waals surface area (Å²) in [5.74, 6) is 0.0309. The van der Waals surface area contributed by atoms with Crippen LogP contribution >= 0.6 is 0 Å². The lowest BCUT2D eigenvalue weighted by atomic mass is 10.1. The van der Waals surface area contributed by atoms with Crippen LogP contribution in [0.25, 0.3) is 0 Å². The maximum Gasteiger partial charge on any atom is 0.251 e. The fraction of sp³-hybridized carbons (Fsp3) is 0.562. The van der Waals surface area contributed by atoms with Crippen LogP contribution in [0.2, 0.25) is 0 Å². The number of rotatable bonds is 5. The van der Waals surface area contributed by atoms with Crippen LogP contribution in [0.1, 0.15) is 36.5 Å². The van der Waals surface area contributed by atoms with Crippen LogP contribution in [-0.2, 0) is 0 Å². The van der Waals surface area contributed by atoms with Crippen LogP contribution in [0, 0.1) is 0 Å². The smallest absolute Gasteiger partial charge is 0.251 e.